The number of amides is 1. The molecule has 3 aromatic rings. The zero-order chi connectivity index (χ0) is 21.0. The van der Waals surface area contributed by atoms with E-state index >= 15 is 0 Å². The lowest BCUT2D eigenvalue weighted by molar-refractivity contribution is -0.115. The number of thioether (sulfide) groups is 1. The molecule has 3 rings (SSSR count). The number of anilines is 1. The average molecular weight is 433 g/mol. The van der Waals surface area contributed by atoms with Crippen LogP contribution >= 0.6 is 23.4 Å². The molecule has 2 aromatic carbocycles. The SMILES string of the molecule is CCCn1c(S[C@H](C)C(=O)Nc2ccc(F)cc2Cl)nnc1-c1cccc(C)c1. The van der Waals surface area contributed by atoms with Gasteiger partial charge in [-0.1, -0.05) is 54.0 Å². The Morgan fingerprint density at radius 2 is 2.07 bits per heavy atom. The van der Waals surface area contributed by atoms with E-state index < -0.39 is 11.1 Å². The molecule has 0 saturated heterocycles. The summed E-state index contributed by atoms with van der Waals surface area (Å²) in [5.74, 6) is 0.0886. The first-order chi connectivity index (χ1) is 13.9. The Kier molecular flexibility index (Phi) is 6.92. The fourth-order valence-corrected chi connectivity index (χ4v) is 3.93. The van der Waals surface area contributed by atoms with Gasteiger partial charge in [-0.25, -0.2) is 4.39 Å². The molecule has 0 unspecified atom stereocenters. The first-order valence-corrected chi connectivity index (χ1v) is 10.6. The van der Waals surface area contributed by atoms with E-state index in [0.717, 1.165) is 29.9 Å². The lowest BCUT2D eigenvalue weighted by atomic mass is 10.1. The predicted molar refractivity (Wildman–Crippen MR) is 116 cm³/mol. The van der Waals surface area contributed by atoms with Crippen molar-refractivity contribution < 1.29 is 9.18 Å². The molecular weight excluding hydrogens is 411 g/mol. The van der Waals surface area contributed by atoms with Gasteiger partial charge in [0.15, 0.2) is 11.0 Å². The quantitative estimate of drug-likeness (QED) is 0.495. The normalized spacial score (nSPS) is 12.0. The van der Waals surface area contributed by atoms with Crippen molar-refractivity contribution in [3.05, 3.63) is 58.9 Å². The zero-order valence-corrected chi connectivity index (χ0v) is 18.0. The average Bonchev–Trinajstić information content (AvgIpc) is 3.06. The maximum Gasteiger partial charge on any atom is 0.237 e. The van der Waals surface area contributed by atoms with Crippen LogP contribution in [0.5, 0.6) is 0 Å². The summed E-state index contributed by atoms with van der Waals surface area (Å²) in [5, 5.41) is 11.8. The molecule has 1 amide bonds. The highest BCUT2D eigenvalue weighted by atomic mass is 35.5. The number of nitrogens with one attached hydrogen (secondary N) is 1. The molecule has 29 heavy (non-hydrogen) atoms. The van der Waals surface area contributed by atoms with Crippen LogP contribution in [0.1, 0.15) is 25.8 Å². The molecular formula is C21H22ClFN4OS. The minimum atomic E-state index is -0.452. The maximum atomic E-state index is 13.2. The van der Waals surface area contributed by atoms with E-state index in [9.17, 15) is 9.18 Å². The second kappa shape index (κ2) is 9.41. The lowest BCUT2D eigenvalue weighted by Gasteiger charge is -2.14. The predicted octanol–water partition coefficient (Wildman–Crippen LogP) is 5.58. The third-order valence-corrected chi connectivity index (χ3v) is 5.67. The van der Waals surface area contributed by atoms with Crippen LogP contribution < -0.4 is 5.32 Å². The largest absolute Gasteiger partial charge is 0.324 e. The summed E-state index contributed by atoms with van der Waals surface area (Å²) < 4.78 is 15.2. The van der Waals surface area contributed by atoms with Crippen molar-refractivity contribution in [3.8, 4) is 11.4 Å². The van der Waals surface area contributed by atoms with Crippen LogP contribution in [0, 0.1) is 12.7 Å². The number of benzene rings is 2. The van der Waals surface area contributed by atoms with Gasteiger partial charge < -0.3 is 9.88 Å². The second-order valence-electron chi connectivity index (χ2n) is 6.70. The van der Waals surface area contributed by atoms with E-state index in [0.29, 0.717) is 10.8 Å². The molecule has 8 heteroatoms. The second-order valence-corrected chi connectivity index (χ2v) is 8.42. The summed E-state index contributed by atoms with van der Waals surface area (Å²) in [6.45, 7) is 6.65. The van der Waals surface area contributed by atoms with Crippen molar-refractivity contribution >= 4 is 35.0 Å². The Hall–Kier alpha value is -2.38. The number of aromatic nitrogens is 3. The highest BCUT2D eigenvalue weighted by molar-refractivity contribution is 8.00. The summed E-state index contributed by atoms with van der Waals surface area (Å²) >= 11 is 7.33. The van der Waals surface area contributed by atoms with Crippen LogP contribution in [0.15, 0.2) is 47.6 Å². The number of carbonyl (C=O) groups excluding carboxylic acids is 1. The fourth-order valence-electron chi connectivity index (χ4n) is 2.84. The lowest BCUT2D eigenvalue weighted by Crippen LogP contribution is -2.23. The molecule has 1 atom stereocenters. The fraction of sp³-hybridized carbons (Fsp3) is 0.286. The topological polar surface area (TPSA) is 59.8 Å². The Morgan fingerprint density at radius 3 is 2.76 bits per heavy atom. The van der Waals surface area contributed by atoms with Gasteiger partial charge in [0.05, 0.1) is 16.0 Å². The van der Waals surface area contributed by atoms with Gasteiger partial charge in [-0.3, -0.25) is 4.79 Å². The third kappa shape index (κ3) is 5.16. The van der Waals surface area contributed by atoms with Gasteiger partial charge >= 0.3 is 0 Å². The van der Waals surface area contributed by atoms with Crippen LogP contribution in [-0.2, 0) is 11.3 Å². The van der Waals surface area contributed by atoms with Crippen molar-refractivity contribution in [1.29, 1.82) is 0 Å². The van der Waals surface area contributed by atoms with Crippen molar-refractivity contribution in [2.75, 3.05) is 5.32 Å². The summed E-state index contributed by atoms with van der Waals surface area (Å²) in [7, 11) is 0. The Labute approximate surface area is 178 Å². The van der Waals surface area contributed by atoms with E-state index in [2.05, 4.69) is 28.5 Å². The first kappa shape index (κ1) is 21.3. The van der Waals surface area contributed by atoms with E-state index in [1.807, 2.05) is 29.7 Å². The van der Waals surface area contributed by atoms with Gasteiger partial charge in [0.1, 0.15) is 5.82 Å². The van der Waals surface area contributed by atoms with Crippen LogP contribution in [0.4, 0.5) is 10.1 Å². The van der Waals surface area contributed by atoms with E-state index in [-0.39, 0.29) is 10.9 Å². The van der Waals surface area contributed by atoms with Gasteiger partial charge in [0, 0.05) is 12.1 Å². The standard InChI is InChI=1S/C21H22ClFN4OS/c1-4-10-27-19(15-7-5-6-13(2)11-15)25-26-21(27)29-14(3)20(28)24-18-9-8-16(23)12-17(18)22/h5-9,11-12,14H,4,10H2,1-3H3,(H,24,28)/t14-/m1/s1. The highest BCUT2D eigenvalue weighted by Crippen LogP contribution is 2.29. The van der Waals surface area contributed by atoms with Crippen molar-refractivity contribution in [3.63, 3.8) is 0 Å². The number of carbonyl (C=O) groups is 1. The third-order valence-electron chi connectivity index (χ3n) is 4.28. The summed E-state index contributed by atoms with van der Waals surface area (Å²) in [6.07, 6.45) is 0.913. The Morgan fingerprint density at radius 1 is 1.28 bits per heavy atom. The van der Waals surface area contributed by atoms with Crippen LogP contribution in [0.25, 0.3) is 11.4 Å². The van der Waals surface area contributed by atoms with Crippen molar-refractivity contribution in [2.24, 2.45) is 0 Å². The molecule has 1 heterocycles. The Balaban J connectivity index is 1.79. The monoisotopic (exact) mass is 432 g/mol. The van der Waals surface area contributed by atoms with Crippen LogP contribution in [0.2, 0.25) is 5.02 Å². The molecule has 5 nitrogen and oxygen atoms in total. The molecule has 152 valence electrons. The molecule has 0 aliphatic heterocycles. The van der Waals surface area contributed by atoms with Crippen molar-refractivity contribution in [1.82, 2.24) is 14.8 Å². The number of aryl methyl sites for hydroxylation is 1. The van der Waals surface area contributed by atoms with E-state index in [1.54, 1.807) is 6.92 Å². The highest BCUT2D eigenvalue weighted by Gasteiger charge is 2.21. The van der Waals surface area contributed by atoms with Gasteiger partial charge in [-0.05, 0) is 44.5 Å². The molecule has 1 N–H and O–H groups in total. The minimum absolute atomic E-state index is 0.159. The first-order valence-electron chi connectivity index (χ1n) is 9.32. The van der Waals surface area contributed by atoms with Crippen LogP contribution in [0.3, 0.4) is 0 Å². The number of nitrogens with zero attached hydrogens (tertiary/aromatic N) is 3. The molecule has 1 aromatic heterocycles. The minimum Gasteiger partial charge on any atom is -0.324 e. The molecule has 0 spiro atoms. The van der Waals surface area contributed by atoms with Gasteiger partial charge in [-0.2, -0.15) is 0 Å². The molecule has 0 saturated carbocycles. The van der Waals surface area contributed by atoms with Crippen molar-refractivity contribution in [2.45, 2.75) is 44.1 Å². The molecule has 0 aliphatic rings. The zero-order valence-electron chi connectivity index (χ0n) is 16.4. The van der Waals surface area contributed by atoms with E-state index in [4.69, 9.17) is 11.6 Å². The van der Waals surface area contributed by atoms with E-state index in [1.165, 1.54) is 30.0 Å². The molecule has 0 fully saturated rings. The summed E-state index contributed by atoms with van der Waals surface area (Å²) in [5.41, 5.74) is 2.51. The molecule has 0 aliphatic carbocycles. The summed E-state index contributed by atoms with van der Waals surface area (Å²) in [4.78, 5) is 12.6. The Bertz CT molecular complexity index is 1020. The summed E-state index contributed by atoms with van der Waals surface area (Å²) in [6, 6.07) is 12.0. The van der Waals surface area contributed by atoms with Gasteiger partial charge in [0.2, 0.25) is 5.91 Å². The maximum absolute atomic E-state index is 13.2. The number of hydrogen-bond acceptors (Lipinski definition) is 4. The molecule has 0 bridgehead atoms. The number of hydrogen-bond donors (Lipinski definition) is 1. The molecule has 0 radical (unpaired) electrons. The smallest absolute Gasteiger partial charge is 0.237 e. The number of halogens is 2. The van der Waals surface area contributed by atoms with Gasteiger partial charge in [-0.15, -0.1) is 10.2 Å². The number of rotatable bonds is 7. The van der Waals surface area contributed by atoms with Crippen LogP contribution in [-0.4, -0.2) is 25.9 Å². The van der Waals surface area contributed by atoms with Gasteiger partial charge in [0.25, 0.3) is 0 Å².